The van der Waals surface area contributed by atoms with Crippen molar-refractivity contribution >= 4 is 23.2 Å². The highest BCUT2D eigenvalue weighted by Gasteiger charge is 2.43. The second kappa shape index (κ2) is 7.53. The summed E-state index contributed by atoms with van der Waals surface area (Å²) in [6.45, 7) is 5.37. The zero-order chi connectivity index (χ0) is 18.8. The Morgan fingerprint density at radius 1 is 0.889 bits per heavy atom. The number of piperazine rings is 1. The van der Waals surface area contributed by atoms with E-state index in [1.54, 1.807) is 0 Å². The van der Waals surface area contributed by atoms with Crippen LogP contribution in [0.25, 0.3) is 0 Å². The van der Waals surface area contributed by atoms with Crippen LogP contribution in [-0.2, 0) is 16.0 Å². The van der Waals surface area contributed by atoms with Gasteiger partial charge in [0.2, 0.25) is 5.91 Å². The lowest BCUT2D eigenvalue weighted by Crippen LogP contribution is -2.52. The number of nitrogens with zero attached hydrogens (tertiary/aromatic N) is 3. The highest BCUT2D eigenvalue weighted by Crippen LogP contribution is 2.29. The minimum atomic E-state index is -0.333. The van der Waals surface area contributed by atoms with Crippen molar-refractivity contribution in [2.45, 2.75) is 25.8 Å². The molecule has 5 nitrogen and oxygen atoms in total. The highest BCUT2D eigenvalue weighted by molar-refractivity contribution is 6.22. The standard InChI is InChI=1S/C22H25N3O2/c1-2-17-8-6-7-11-19(17)25-21(26)16-20(22(25)27)24-14-12-23(13-15-24)18-9-4-3-5-10-18/h3-11,20H,2,12-16H2,1H3/t20-/m0/s1. The van der Waals surface area contributed by atoms with E-state index >= 15 is 0 Å². The molecular weight excluding hydrogens is 338 g/mol. The Bertz CT molecular complexity index is 828. The van der Waals surface area contributed by atoms with Gasteiger partial charge in [0.05, 0.1) is 18.2 Å². The Kier molecular flexibility index (Phi) is 4.94. The van der Waals surface area contributed by atoms with Crippen molar-refractivity contribution in [3.63, 3.8) is 0 Å². The van der Waals surface area contributed by atoms with Gasteiger partial charge in [-0.1, -0.05) is 43.3 Å². The lowest BCUT2D eigenvalue weighted by molar-refractivity contribution is -0.123. The van der Waals surface area contributed by atoms with Gasteiger partial charge in [-0.05, 0) is 30.2 Å². The molecular formula is C22H25N3O2. The molecule has 2 aliphatic heterocycles. The molecule has 0 bridgehead atoms. The Hall–Kier alpha value is -2.66. The molecule has 2 aromatic rings. The lowest BCUT2D eigenvalue weighted by Gasteiger charge is -2.38. The van der Waals surface area contributed by atoms with Crippen LogP contribution in [0.5, 0.6) is 0 Å². The van der Waals surface area contributed by atoms with Crippen molar-refractivity contribution in [1.82, 2.24) is 4.90 Å². The SMILES string of the molecule is CCc1ccccc1N1C(=O)C[C@H](N2CCN(c3ccccc3)CC2)C1=O. The number of para-hydroxylation sites is 2. The summed E-state index contributed by atoms with van der Waals surface area (Å²) in [7, 11) is 0. The topological polar surface area (TPSA) is 43.9 Å². The number of rotatable bonds is 4. The molecule has 4 rings (SSSR count). The van der Waals surface area contributed by atoms with Crippen LogP contribution in [0.15, 0.2) is 54.6 Å². The van der Waals surface area contributed by atoms with Crippen molar-refractivity contribution in [2.75, 3.05) is 36.0 Å². The van der Waals surface area contributed by atoms with Crippen LogP contribution < -0.4 is 9.80 Å². The van der Waals surface area contributed by atoms with Gasteiger partial charge in [0.25, 0.3) is 5.91 Å². The number of imide groups is 1. The third-order valence-electron chi connectivity index (χ3n) is 5.61. The second-order valence-electron chi connectivity index (χ2n) is 7.13. The number of anilines is 2. The number of aryl methyl sites for hydroxylation is 1. The third kappa shape index (κ3) is 3.35. The number of carbonyl (C=O) groups is 2. The fourth-order valence-corrected chi connectivity index (χ4v) is 4.11. The quantitative estimate of drug-likeness (QED) is 0.784. The normalized spacial score (nSPS) is 21.1. The number of amides is 2. The number of hydrogen-bond donors (Lipinski definition) is 0. The first kappa shape index (κ1) is 17.7. The molecule has 0 unspecified atom stereocenters. The van der Waals surface area contributed by atoms with E-state index in [1.165, 1.54) is 10.6 Å². The molecule has 2 saturated heterocycles. The van der Waals surface area contributed by atoms with E-state index in [0.717, 1.165) is 43.9 Å². The van der Waals surface area contributed by atoms with E-state index in [-0.39, 0.29) is 24.3 Å². The molecule has 0 N–H and O–H groups in total. The fourth-order valence-electron chi connectivity index (χ4n) is 4.11. The predicted octanol–water partition coefficient (Wildman–Crippen LogP) is 2.70. The Balaban J connectivity index is 1.47. The summed E-state index contributed by atoms with van der Waals surface area (Å²) in [5.41, 5.74) is 3.00. The zero-order valence-corrected chi connectivity index (χ0v) is 15.7. The van der Waals surface area contributed by atoms with E-state index in [0.29, 0.717) is 0 Å². The summed E-state index contributed by atoms with van der Waals surface area (Å²) in [5, 5.41) is 0. The number of benzene rings is 2. The molecule has 0 aliphatic carbocycles. The van der Waals surface area contributed by atoms with E-state index in [4.69, 9.17) is 0 Å². The first-order valence-corrected chi connectivity index (χ1v) is 9.67. The summed E-state index contributed by atoms with van der Waals surface area (Å²) in [4.78, 5) is 31.7. The Morgan fingerprint density at radius 2 is 1.56 bits per heavy atom. The van der Waals surface area contributed by atoms with E-state index < -0.39 is 0 Å². The van der Waals surface area contributed by atoms with Crippen molar-refractivity contribution in [3.8, 4) is 0 Å². The summed E-state index contributed by atoms with van der Waals surface area (Å²) in [5.74, 6) is -0.162. The van der Waals surface area contributed by atoms with Crippen LogP contribution in [0.1, 0.15) is 18.9 Å². The maximum absolute atomic E-state index is 13.1. The van der Waals surface area contributed by atoms with Crippen molar-refractivity contribution in [1.29, 1.82) is 0 Å². The van der Waals surface area contributed by atoms with Crippen LogP contribution in [0.3, 0.4) is 0 Å². The summed E-state index contributed by atoms with van der Waals surface area (Å²) >= 11 is 0. The average Bonchev–Trinajstić information content (AvgIpc) is 3.02. The third-order valence-corrected chi connectivity index (χ3v) is 5.61. The van der Waals surface area contributed by atoms with Gasteiger partial charge in [0.1, 0.15) is 0 Å². The van der Waals surface area contributed by atoms with Gasteiger partial charge < -0.3 is 4.90 Å². The smallest absolute Gasteiger partial charge is 0.251 e. The van der Waals surface area contributed by atoms with Crippen LogP contribution in [0, 0.1) is 0 Å². The monoisotopic (exact) mass is 363 g/mol. The average molecular weight is 363 g/mol. The fraction of sp³-hybridized carbons (Fsp3) is 0.364. The summed E-state index contributed by atoms with van der Waals surface area (Å²) in [6.07, 6.45) is 1.08. The summed E-state index contributed by atoms with van der Waals surface area (Å²) in [6, 6.07) is 17.7. The molecule has 1 atom stereocenters. The minimum absolute atomic E-state index is 0.0749. The second-order valence-corrected chi connectivity index (χ2v) is 7.13. The molecule has 0 aromatic heterocycles. The van der Waals surface area contributed by atoms with E-state index in [9.17, 15) is 9.59 Å². The van der Waals surface area contributed by atoms with Gasteiger partial charge in [-0.2, -0.15) is 0 Å². The number of hydrogen-bond acceptors (Lipinski definition) is 4. The molecule has 27 heavy (non-hydrogen) atoms. The van der Waals surface area contributed by atoms with Gasteiger partial charge in [-0.25, -0.2) is 4.90 Å². The molecule has 0 radical (unpaired) electrons. The minimum Gasteiger partial charge on any atom is -0.369 e. The maximum Gasteiger partial charge on any atom is 0.251 e. The molecule has 2 fully saturated rings. The van der Waals surface area contributed by atoms with E-state index in [1.807, 2.05) is 49.4 Å². The first-order chi connectivity index (χ1) is 13.2. The zero-order valence-electron chi connectivity index (χ0n) is 15.7. The van der Waals surface area contributed by atoms with Crippen LogP contribution in [0.2, 0.25) is 0 Å². The van der Waals surface area contributed by atoms with Crippen molar-refractivity contribution in [2.24, 2.45) is 0 Å². The van der Waals surface area contributed by atoms with Crippen molar-refractivity contribution in [3.05, 3.63) is 60.2 Å². The largest absolute Gasteiger partial charge is 0.369 e. The van der Waals surface area contributed by atoms with Crippen LogP contribution >= 0.6 is 0 Å². The molecule has 0 saturated carbocycles. The first-order valence-electron chi connectivity index (χ1n) is 9.67. The maximum atomic E-state index is 13.1. The van der Waals surface area contributed by atoms with Gasteiger partial charge in [0, 0.05) is 31.9 Å². The molecule has 5 heteroatoms. The van der Waals surface area contributed by atoms with Gasteiger partial charge in [-0.15, -0.1) is 0 Å². The van der Waals surface area contributed by atoms with Crippen LogP contribution in [-0.4, -0.2) is 48.9 Å². The van der Waals surface area contributed by atoms with Gasteiger partial charge in [0.15, 0.2) is 0 Å². The molecule has 2 heterocycles. The Labute approximate surface area is 160 Å². The summed E-state index contributed by atoms with van der Waals surface area (Å²) < 4.78 is 0. The number of carbonyl (C=O) groups excluding carboxylic acids is 2. The van der Waals surface area contributed by atoms with Gasteiger partial charge >= 0.3 is 0 Å². The highest BCUT2D eigenvalue weighted by atomic mass is 16.2. The van der Waals surface area contributed by atoms with Gasteiger partial charge in [-0.3, -0.25) is 14.5 Å². The molecule has 2 aromatic carbocycles. The van der Waals surface area contributed by atoms with Crippen molar-refractivity contribution < 1.29 is 9.59 Å². The lowest BCUT2D eigenvalue weighted by atomic mass is 10.1. The van der Waals surface area contributed by atoms with E-state index in [2.05, 4.69) is 21.9 Å². The van der Waals surface area contributed by atoms with Crippen LogP contribution in [0.4, 0.5) is 11.4 Å². The predicted molar refractivity (Wildman–Crippen MR) is 107 cm³/mol. The molecule has 2 amide bonds. The molecule has 140 valence electrons. The molecule has 0 spiro atoms. The molecule has 2 aliphatic rings. The Morgan fingerprint density at radius 3 is 2.26 bits per heavy atom.